The Hall–Kier alpha value is -1.09. The molecule has 0 spiro atoms. The molecule has 1 heterocycles. The number of rotatable bonds is 4. The molecule has 1 aliphatic rings. The highest BCUT2D eigenvalue weighted by atomic mass is 35.5. The minimum atomic E-state index is -0.138. The average Bonchev–Trinajstić information content (AvgIpc) is 3.10. The van der Waals surface area contributed by atoms with Crippen molar-refractivity contribution in [2.45, 2.75) is 25.3 Å². The highest BCUT2D eigenvalue weighted by Crippen LogP contribution is 2.38. The van der Waals surface area contributed by atoms with Crippen LogP contribution in [0, 0.1) is 0 Å². The van der Waals surface area contributed by atoms with Gasteiger partial charge in [-0.15, -0.1) is 11.6 Å². The molecular formula is C11H13ClN2O. The Morgan fingerprint density at radius 2 is 2.40 bits per heavy atom. The molecule has 1 aromatic heterocycles. The van der Waals surface area contributed by atoms with Gasteiger partial charge in [0.25, 0.3) is 0 Å². The molecular weight excluding hydrogens is 212 g/mol. The summed E-state index contributed by atoms with van der Waals surface area (Å²) < 4.78 is 0. The predicted octanol–water partition coefficient (Wildman–Crippen LogP) is 1.81. The summed E-state index contributed by atoms with van der Waals surface area (Å²) in [6, 6.07) is 3.98. The van der Waals surface area contributed by atoms with Crippen LogP contribution in [0.3, 0.4) is 0 Å². The Kier molecular flexibility index (Phi) is 3.21. The normalized spacial score (nSPS) is 15.0. The first-order chi connectivity index (χ1) is 7.29. The lowest BCUT2D eigenvalue weighted by atomic mass is 10.2. The van der Waals surface area contributed by atoms with Gasteiger partial charge in [0.05, 0.1) is 0 Å². The lowest BCUT2D eigenvalue weighted by Crippen LogP contribution is -2.23. The van der Waals surface area contributed by atoms with E-state index in [1.165, 1.54) is 12.8 Å². The van der Waals surface area contributed by atoms with Crippen LogP contribution < -0.4 is 5.32 Å². The van der Waals surface area contributed by atoms with Crippen molar-refractivity contribution in [3.8, 4) is 0 Å². The Labute approximate surface area is 93.8 Å². The maximum Gasteiger partial charge on any atom is 0.235 e. The number of amides is 1. The fraction of sp³-hybridized carbons (Fsp3) is 0.455. The lowest BCUT2D eigenvalue weighted by molar-refractivity contribution is -0.118. The molecule has 0 bridgehead atoms. The molecule has 3 nitrogen and oxygen atoms in total. The van der Waals surface area contributed by atoms with E-state index in [2.05, 4.69) is 16.4 Å². The largest absolute Gasteiger partial charge is 0.351 e. The van der Waals surface area contributed by atoms with Gasteiger partial charge in [-0.05, 0) is 30.5 Å². The number of nitrogens with one attached hydrogen (secondary N) is 1. The van der Waals surface area contributed by atoms with Gasteiger partial charge in [0.15, 0.2) is 0 Å². The molecule has 15 heavy (non-hydrogen) atoms. The minimum absolute atomic E-state index is 0.0145. The first-order valence-corrected chi connectivity index (χ1v) is 5.60. The Morgan fingerprint density at radius 1 is 1.60 bits per heavy atom. The van der Waals surface area contributed by atoms with E-state index in [1.807, 2.05) is 6.07 Å². The molecule has 1 fully saturated rings. The van der Waals surface area contributed by atoms with E-state index in [-0.39, 0.29) is 11.8 Å². The average molecular weight is 225 g/mol. The fourth-order valence-corrected chi connectivity index (χ4v) is 1.55. The number of pyridine rings is 1. The van der Waals surface area contributed by atoms with Gasteiger partial charge in [-0.25, -0.2) is 0 Å². The zero-order valence-electron chi connectivity index (χ0n) is 8.37. The van der Waals surface area contributed by atoms with Gasteiger partial charge in [-0.1, -0.05) is 0 Å². The highest BCUT2D eigenvalue weighted by Gasteiger charge is 2.24. The number of alkyl halides is 1. The molecule has 1 amide bonds. The van der Waals surface area contributed by atoms with Crippen LogP contribution >= 0.6 is 11.6 Å². The van der Waals surface area contributed by atoms with E-state index < -0.39 is 0 Å². The topological polar surface area (TPSA) is 42.0 Å². The van der Waals surface area contributed by atoms with Crippen molar-refractivity contribution in [2.24, 2.45) is 0 Å². The maximum absolute atomic E-state index is 11.0. The van der Waals surface area contributed by atoms with Crippen LogP contribution in [0.15, 0.2) is 18.3 Å². The van der Waals surface area contributed by atoms with Crippen molar-refractivity contribution in [1.82, 2.24) is 10.3 Å². The van der Waals surface area contributed by atoms with Crippen molar-refractivity contribution in [1.29, 1.82) is 0 Å². The maximum atomic E-state index is 11.0. The SMILES string of the molecule is O=C(CCl)NCc1ccnc(C2CC2)c1. The molecule has 1 saturated carbocycles. The van der Waals surface area contributed by atoms with Gasteiger partial charge in [0, 0.05) is 24.4 Å². The summed E-state index contributed by atoms with van der Waals surface area (Å²) in [4.78, 5) is 15.3. The molecule has 0 unspecified atom stereocenters. The van der Waals surface area contributed by atoms with E-state index in [1.54, 1.807) is 6.20 Å². The summed E-state index contributed by atoms with van der Waals surface area (Å²) in [6.45, 7) is 0.536. The molecule has 0 aromatic carbocycles. The molecule has 0 atom stereocenters. The summed E-state index contributed by atoms with van der Waals surface area (Å²) in [5.74, 6) is 0.524. The van der Waals surface area contributed by atoms with Crippen LogP contribution in [0.5, 0.6) is 0 Å². The van der Waals surface area contributed by atoms with Crippen molar-refractivity contribution in [3.05, 3.63) is 29.6 Å². The predicted molar refractivity (Wildman–Crippen MR) is 58.8 cm³/mol. The molecule has 0 aliphatic heterocycles. The van der Waals surface area contributed by atoms with E-state index in [0.717, 1.165) is 11.3 Å². The number of hydrogen-bond donors (Lipinski definition) is 1. The Balaban J connectivity index is 1.95. The molecule has 0 radical (unpaired) electrons. The van der Waals surface area contributed by atoms with Gasteiger partial charge >= 0.3 is 0 Å². The molecule has 80 valence electrons. The Morgan fingerprint density at radius 3 is 3.07 bits per heavy atom. The van der Waals surface area contributed by atoms with Crippen molar-refractivity contribution >= 4 is 17.5 Å². The van der Waals surface area contributed by atoms with Gasteiger partial charge < -0.3 is 5.32 Å². The van der Waals surface area contributed by atoms with Gasteiger partial charge in [0.2, 0.25) is 5.91 Å². The van der Waals surface area contributed by atoms with Gasteiger partial charge in [0.1, 0.15) is 5.88 Å². The number of carbonyl (C=O) groups is 1. The highest BCUT2D eigenvalue weighted by molar-refractivity contribution is 6.27. The van der Waals surface area contributed by atoms with Crippen LogP contribution in [0.25, 0.3) is 0 Å². The van der Waals surface area contributed by atoms with Crippen LogP contribution in [0.2, 0.25) is 0 Å². The summed E-state index contributed by atoms with van der Waals surface area (Å²) in [5.41, 5.74) is 2.23. The van der Waals surface area contributed by atoms with Crippen molar-refractivity contribution < 1.29 is 4.79 Å². The van der Waals surface area contributed by atoms with E-state index in [4.69, 9.17) is 11.6 Å². The second-order valence-electron chi connectivity index (χ2n) is 3.77. The molecule has 0 saturated heterocycles. The lowest BCUT2D eigenvalue weighted by Gasteiger charge is -2.04. The fourth-order valence-electron chi connectivity index (χ4n) is 1.45. The summed E-state index contributed by atoms with van der Waals surface area (Å²) in [7, 11) is 0. The monoisotopic (exact) mass is 224 g/mol. The smallest absolute Gasteiger partial charge is 0.235 e. The first-order valence-electron chi connectivity index (χ1n) is 5.07. The number of nitrogens with zero attached hydrogens (tertiary/aromatic N) is 1. The third-order valence-electron chi connectivity index (χ3n) is 2.45. The molecule has 1 aromatic rings. The molecule has 1 N–H and O–H groups in total. The quantitative estimate of drug-likeness (QED) is 0.793. The van der Waals surface area contributed by atoms with Crippen LogP contribution in [-0.4, -0.2) is 16.8 Å². The molecule has 4 heteroatoms. The van der Waals surface area contributed by atoms with Gasteiger partial charge in [-0.2, -0.15) is 0 Å². The zero-order chi connectivity index (χ0) is 10.7. The van der Waals surface area contributed by atoms with Crippen LogP contribution in [0.1, 0.15) is 30.0 Å². The van der Waals surface area contributed by atoms with E-state index >= 15 is 0 Å². The summed E-state index contributed by atoms with van der Waals surface area (Å²) >= 11 is 5.39. The van der Waals surface area contributed by atoms with Crippen LogP contribution in [0.4, 0.5) is 0 Å². The van der Waals surface area contributed by atoms with Crippen molar-refractivity contribution in [3.63, 3.8) is 0 Å². The van der Waals surface area contributed by atoms with Crippen molar-refractivity contribution in [2.75, 3.05) is 5.88 Å². The second kappa shape index (κ2) is 4.62. The standard InChI is InChI=1S/C11H13ClN2O/c12-6-11(15)14-7-8-3-4-13-10(5-8)9-1-2-9/h3-5,9H,1-2,6-7H2,(H,14,15). The van der Waals surface area contributed by atoms with Crippen LogP contribution in [-0.2, 0) is 11.3 Å². The summed E-state index contributed by atoms with van der Waals surface area (Å²) in [5, 5.41) is 2.74. The van der Waals surface area contributed by atoms with E-state index in [0.29, 0.717) is 12.5 Å². The van der Waals surface area contributed by atoms with Gasteiger partial charge in [-0.3, -0.25) is 9.78 Å². The molecule has 2 rings (SSSR count). The third kappa shape index (κ3) is 2.93. The minimum Gasteiger partial charge on any atom is -0.351 e. The van der Waals surface area contributed by atoms with E-state index in [9.17, 15) is 4.79 Å². The number of hydrogen-bond acceptors (Lipinski definition) is 2. The zero-order valence-corrected chi connectivity index (χ0v) is 9.13. The molecule has 1 aliphatic carbocycles. The second-order valence-corrected chi connectivity index (χ2v) is 4.04. The first kappa shape index (κ1) is 10.4. The number of halogens is 1. The number of carbonyl (C=O) groups excluding carboxylic acids is 1. The Bertz CT molecular complexity index is 363. The third-order valence-corrected chi connectivity index (χ3v) is 2.69. The number of aromatic nitrogens is 1. The summed E-state index contributed by atoms with van der Waals surface area (Å²) in [6.07, 6.45) is 4.28.